The Hall–Kier alpha value is -1.09. The lowest BCUT2D eigenvalue weighted by Crippen LogP contribution is -2.32. The van der Waals surface area contributed by atoms with Gasteiger partial charge in [0.15, 0.2) is 5.78 Å². The highest BCUT2D eigenvalue weighted by molar-refractivity contribution is 6.03. The second-order valence-corrected chi connectivity index (χ2v) is 3.07. The van der Waals surface area contributed by atoms with Gasteiger partial charge in [0.1, 0.15) is 0 Å². The standard InChI is InChI=1S/C8H10N2O/c9-8(3-4-8)7(11)6-2-1-5-10-6/h1-2,5,10H,3-4,9H2. The number of H-pyrrole nitrogens is 1. The Kier molecular flexibility index (Phi) is 1.17. The molecule has 3 nitrogen and oxygen atoms in total. The highest BCUT2D eigenvalue weighted by Gasteiger charge is 2.46. The van der Waals surface area contributed by atoms with Gasteiger partial charge in [0.25, 0.3) is 0 Å². The molecule has 0 atom stereocenters. The minimum atomic E-state index is -0.537. The Morgan fingerprint density at radius 2 is 2.36 bits per heavy atom. The van der Waals surface area contributed by atoms with Gasteiger partial charge in [0.2, 0.25) is 0 Å². The Morgan fingerprint density at radius 3 is 2.82 bits per heavy atom. The van der Waals surface area contributed by atoms with Gasteiger partial charge in [-0.05, 0) is 25.0 Å². The second-order valence-electron chi connectivity index (χ2n) is 3.07. The molecule has 11 heavy (non-hydrogen) atoms. The fourth-order valence-electron chi connectivity index (χ4n) is 1.10. The quantitative estimate of drug-likeness (QED) is 0.609. The van der Waals surface area contributed by atoms with Crippen LogP contribution in [0.25, 0.3) is 0 Å². The van der Waals surface area contributed by atoms with Gasteiger partial charge in [-0.25, -0.2) is 0 Å². The molecule has 1 heterocycles. The van der Waals surface area contributed by atoms with Crippen molar-refractivity contribution >= 4 is 5.78 Å². The average Bonchev–Trinajstić information content (AvgIpc) is 2.54. The zero-order chi connectivity index (χ0) is 7.90. The average molecular weight is 150 g/mol. The van der Waals surface area contributed by atoms with Gasteiger partial charge in [-0.3, -0.25) is 4.79 Å². The monoisotopic (exact) mass is 150 g/mol. The molecule has 0 aliphatic heterocycles. The van der Waals surface area contributed by atoms with Gasteiger partial charge in [-0.15, -0.1) is 0 Å². The van der Waals surface area contributed by atoms with Crippen LogP contribution in [0, 0.1) is 0 Å². The van der Waals surface area contributed by atoms with E-state index in [9.17, 15) is 4.79 Å². The number of rotatable bonds is 2. The minimum Gasteiger partial charge on any atom is -0.359 e. The predicted octanol–water partition coefficient (Wildman–Crippen LogP) is 0.689. The number of hydrogen-bond donors (Lipinski definition) is 2. The van der Waals surface area contributed by atoms with Crippen LogP contribution in [-0.4, -0.2) is 16.3 Å². The highest BCUT2D eigenvalue weighted by Crippen LogP contribution is 2.34. The first kappa shape index (κ1) is 6.61. The summed E-state index contributed by atoms with van der Waals surface area (Å²) in [6.45, 7) is 0. The van der Waals surface area contributed by atoms with Crippen LogP contribution in [0.3, 0.4) is 0 Å². The van der Waals surface area contributed by atoms with E-state index in [1.165, 1.54) is 0 Å². The summed E-state index contributed by atoms with van der Waals surface area (Å²) >= 11 is 0. The zero-order valence-corrected chi connectivity index (χ0v) is 6.13. The Bertz CT molecular complexity index is 272. The van der Waals surface area contributed by atoms with Gasteiger partial charge in [0.05, 0.1) is 11.2 Å². The molecule has 58 valence electrons. The molecule has 0 spiro atoms. The Balaban J connectivity index is 2.24. The lowest BCUT2D eigenvalue weighted by atomic mass is 10.1. The maximum Gasteiger partial charge on any atom is 0.198 e. The molecular weight excluding hydrogens is 140 g/mol. The van der Waals surface area contributed by atoms with Crippen molar-refractivity contribution in [2.75, 3.05) is 0 Å². The lowest BCUT2D eigenvalue weighted by Gasteiger charge is -2.03. The number of ketones is 1. The van der Waals surface area contributed by atoms with Crippen molar-refractivity contribution in [3.8, 4) is 0 Å². The maximum absolute atomic E-state index is 11.4. The van der Waals surface area contributed by atoms with Crippen LogP contribution in [0.15, 0.2) is 18.3 Å². The molecule has 1 aliphatic rings. The first-order valence-corrected chi connectivity index (χ1v) is 3.69. The third-order valence-corrected chi connectivity index (χ3v) is 2.08. The molecular formula is C8H10N2O. The van der Waals surface area contributed by atoms with Crippen LogP contribution in [0.4, 0.5) is 0 Å². The molecule has 0 unspecified atom stereocenters. The highest BCUT2D eigenvalue weighted by atomic mass is 16.1. The van der Waals surface area contributed by atoms with Crippen LogP contribution in [0.5, 0.6) is 0 Å². The summed E-state index contributed by atoms with van der Waals surface area (Å²) in [5.41, 5.74) is 5.80. The first-order chi connectivity index (χ1) is 5.22. The molecule has 1 aromatic heterocycles. The van der Waals surface area contributed by atoms with E-state index in [2.05, 4.69) is 4.98 Å². The summed E-state index contributed by atoms with van der Waals surface area (Å²) < 4.78 is 0. The number of carbonyl (C=O) groups is 1. The first-order valence-electron chi connectivity index (χ1n) is 3.69. The second kappa shape index (κ2) is 1.95. The summed E-state index contributed by atoms with van der Waals surface area (Å²) in [6.07, 6.45) is 3.38. The molecule has 1 aliphatic carbocycles. The molecule has 3 N–H and O–H groups in total. The molecule has 2 rings (SSSR count). The fourth-order valence-corrected chi connectivity index (χ4v) is 1.10. The van der Waals surface area contributed by atoms with E-state index < -0.39 is 5.54 Å². The van der Waals surface area contributed by atoms with Gasteiger partial charge in [-0.1, -0.05) is 0 Å². The predicted molar refractivity (Wildman–Crippen MR) is 41.3 cm³/mol. The normalized spacial score (nSPS) is 19.7. The minimum absolute atomic E-state index is 0.0440. The van der Waals surface area contributed by atoms with Crippen LogP contribution in [0.1, 0.15) is 23.3 Å². The van der Waals surface area contributed by atoms with E-state index in [0.29, 0.717) is 5.69 Å². The number of nitrogens with one attached hydrogen (secondary N) is 1. The van der Waals surface area contributed by atoms with Crippen LogP contribution < -0.4 is 5.73 Å². The summed E-state index contributed by atoms with van der Waals surface area (Å²) in [5.74, 6) is 0.0440. The smallest absolute Gasteiger partial charge is 0.198 e. The van der Waals surface area contributed by atoms with E-state index in [1.54, 1.807) is 18.3 Å². The number of carbonyl (C=O) groups excluding carboxylic acids is 1. The number of aromatic nitrogens is 1. The summed E-state index contributed by atoms with van der Waals surface area (Å²) in [5, 5.41) is 0. The molecule has 1 fully saturated rings. The van der Waals surface area contributed by atoms with Crippen molar-refractivity contribution in [3.63, 3.8) is 0 Å². The Labute approximate surface area is 64.6 Å². The molecule has 1 aromatic rings. The lowest BCUT2D eigenvalue weighted by molar-refractivity contribution is 0.0945. The third kappa shape index (κ3) is 0.973. The molecule has 1 saturated carbocycles. The SMILES string of the molecule is NC1(C(=O)c2ccc[nH]2)CC1. The van der Waals surface area contributed by atoms with E-state index in [-0.39, 0.29) is 5.78 Å². The fraction of sp³-hybridized carbons (Fsp3) is 0.375. The van der Waals surface area contributed by atoms with Crippen LogP contribution in [0.2, 0.25) is 0 Å². The molecule has 0 saturated heterocycles. The van der Waals surface area contributed by atoms with E-state index in [4.69, 9.17) is 5.73 Å². The molecule has 0 bridgehead atoms. The van der Waals surface area contributed by atoms with E-state index in [0.717, 1.165) is 12.8 Å². The Morgan fingerprint density at radius 1 is 1.64 bits per heavy atom. The van der Waals surface area contributed by atoms with Gasteiger partial charge < -0.3 is 10.7 Å². The summed E-state index contributed by atoms with van der Waals surface area (Å²) in [7, 11) is 0. The van der Waals surface area contributed by atoms with Crippen molar-refractivity contribution in [1.82, 2.24) is 4.98 Å². The van der Waals surface area contributed by atoms with Crippen molar-refractivity contribution in [3.05, 3.63) is 24.0 Å². The molecule has 0 amide bonds. The van der Waals surface area contributed by atoms with Crippen molar-refractivity contribution in [1.29, 1.82) is 0 Å². The van der Waals surface area contributed by atoms with E-state index in [1.807, 2.05) is 0 Å². The zero-order valence-electron chi connectivity index (χ0n) is 6.13. The van der Waals surface area contributed by atoms with Crippen molar-refractivity contribution in [2.45, 2.75) is 18.4 Å². The maximum atomic E-state index is 11.4. The van der Waals surface area contributed by atoms with Crippen molar-refractivity contribution < 1.29 is 4.79 Å². The summed E-state index contributed by atoms with van der Waals surface area (Å²) in [4.78, 5) is 14.3. The van der Waals surface area contributed by atoms with Crippen LogP contribution in [-0.2, 0) is 0 Å². The van der Waals surface area contributed by atoms with Crippen LogP contribution >= 0.6 is 0 Å². The largest absolute Gasteiger partial charge is 0.359 e. The number of Topliss-reactive ketones (excluding diaryl/α,β-unsaturated/α-hetero) is 1. The van der Waals surface area contributed by atoms with Gasteiger partial charge in [0, 0.05) is 6.20 Å². The topological polar surface area (TPSA) is 58.9 Å². The molecule has 3 heteroatoms. The van der Waals surface area contributed by atoms with Gasteiger partial charge >= 0.3 is 0 Å². The molecule has 0 aromatic carbocycles. The molecule has 0 radical (unpaired) electrons. The van der Waals surface area contributed by atoms with E-state index >= 15 is 0 Å². The number of hydrogen-bond acceptors (Lipinski definition) is 2. The van der Waals surface area contributed by atoms with Gasteiger partial charge in [-0.2, -0.15) is 0 Å². The third-order valence-electron chi connectivity index (χ3n) is 2.08. The van der Waals surface area contributed by atoms with Crippen molar-refractivity contribution in [2.24, 2.45) is 5.73 Å². The summed E-state index contributed by atoms with van der Waals surface area (Å²) in [6, 6.07) is 3.56. The number of nitrogens with two attached hydrogens (primary N) is 1. The number of aromatic amines is 1.